The van der Waals surface area contributed by atoms with E-state index in [1.54, 1.807) is 18.6 Å². The molecule has 0 radical (unpaired) electrons. The highest BCUT2D eigenvalue weighted by Gasteiger charge is 2.28. The molecular formula is C25H23N5O. The minimum absolute atomic E-state index is 0.0618. The Morgan fingerprint density at radius 2 is 1.94 bits per heavy atom. The Morgan fingerprint density at radius 3 is 2.81 bits per heavy atom. The number of aryl methyl sites for hydroxylation is 1. The fraction of sp³-hybridized carbons (Fsp3) is 0.240. The van der Waals surface area contributed by atoms with Crippen LogP contribution < -0.4 is 0 Å². The van der Waals surface area contributed by atoms with Crippen molar-refractivity contribution in [1.82, 2.24) is 24.8 Å². The molecule has 5 rings (SSSR count). The van der Waals surface area contributed by atoms with Crippen molar-refractivity contribution in [3.05, 3.63) is 84.3 Å². The number of amides is 1. The predicted molar refractivity (Wildman–Crippen MR) is 120 cm³/mol. The molecule has 31 heavy (non-hydrogen) atoms. The summed E-state index contributed by atoms with van der Waals surface area (Å²) in [7, 11) is 0. The van der Waals surface area contributed by atoms with Gasteiger partial charge in [-0.25, -0.2) is 9.97 Å². The number of benzene rings is 1. The second-order valence-corrected chi connectivity index (χ2v) is 7.95. The Labute approximate surface area is 181 Å². The number of nitrogens with zero attached hydrogens (tertiary/aromatic N) is 5. The monoisotopic (exact) mass is 409 g/mol. The first kappa shape index (κ1) is 19.3. The van der Waals surface area contributed by atoms with E-state index in [0.29, 0.717) is 12.1 Å². The maximum atomic E-state index is 13.3. The molecule has 0 bridgehead atoms. The smallest absolute Gasteiger partial charge is 0.253 e. The van der Waals surface area contributed by atoms with E-state index in [1.165, 1.54) is 0 Å². The molecule has 1 unspecified atom stereocenters. The van der Waals surface area contributed by atoms with Crippen LogP contribution in [0, 0.1) is 6.92 Å². The van der Waals surface area contributed by atoms with E-state index < -0.39 is 0 Å². The van der Waals surface area contributed by atoms with Crippen LogP contribution in [0.3, 0.4) is 0 Å². The van der Waals surface area contributed by atoms with Crippen molar-refractivity contribution in [3.8, 4) is 11.1 Å². The van der Waals surface area contributed by atoms with Crippen LogP contribution in [0.1, 0.15) is 40.6 Å². The molecule has 1 aliphatic heterocycles. The lowest BCUT2D eigenvalue weighted by atomic mass is 9.89. The van der Waals surface area contributed by atoms with Gasteiger partial charge in [0.15, 0.2) is 0 Å². The zero-order chi connectivity index (χ0) is 21.2. The summed E-state index contributed by atoms with van der Waals surface area (Å²) in [6.45, 7) is 3.32. The SMILES string of the molecule is Cc1ncc(-c2ccncc2)c(C2CCCN(C(=O)c3ccc4ncccc4c3)C2)n1. The van der Waals surface area contributed by atoms with Gasteiger partial charge in [-0.3, -0.25) is 14.8 Å². The number of rotatable bonds is 3. The Morgan fingerprint density at radius 1 is 1.06 bits per heavy atom. The van der Waals surface area contributed by atoms with Crippen molar-refractivity contribution in [2.24, 2.45) is 0 Å². The van der Waals surface area contributed by atoms with Gasteiger partial charge in [0.25, 0.3) is 5.91 Å². The van der Waals surface area contributed by atoms with Crippen LogP contribution in [0.25, 0.3) is 22.0 Å². The topological polar surface area (TPSA) is 71.9 Å². The molecule has 154 valence electrons. The number of carbonyl (C=O) groups is 1. The standard InChI is InChI=1S/C25H23N5O/c1-17-28-15-22(18-8-11-26-12-9-18)24(29-17)21-5-3-13-30(16-21)25(31)20-6-7-23-19(14-20)4-2-10-27-23/h2,4,6-12,14-15,21H,3,5,13,16H2,1H3. The molecule has 1 amide bonds. The lowest BCUT2D eigenvalue weighted by molar-refractivity contribution is 0.0706. The quantitative estimate of drug-likeness (QED) is 0.501. The van der Waals surface area contributed by atoms with Gasteiger partial charge in [-0.05, 0) is 61.7 Å². The van der Waals surface area contributed by atoms with Crippen molar-refractivity contribution in [2.45, 2.75) is 25.7 Å². The van der Waals surface area contributed by atoms with Crippen LogP contribution in [0.4, 0.5) is 0 Å². The number of fused-ring (bicyclic) bond motifs is 1. The number of pyridine rings is 2. The molecule has 4 heterocycles. The van der Waals surface area contributed by atoms with Crippen molar-refractivity contribution in [2.75, 3.05) is 13.1 Å². The summed E-state index contributed by atoms with van der Waals surface area (Å²) in [5.41, 5.74) is 4.68. The highest BCUT2D eigenvalue weighted by atomic mass is 16.2. The van der Waals surface area contributed by atoms with Gasteiger partial charge in [0.2, 0.25) is 0 Å². The minimum atomic E-state index is 0.0618. The second-order valence-electron chi connectivity index (χ2n) is 7.95. The summed E-state index contributed by atoms with van der Waals surface area (Å²) in [5.74, 6) is 0.981. The van der Waals surface area contributed by atoms with E-state index in [2.05, 4.69) is 15.0 Å². The second kappa shape index (κ2) is 8.22. The normalized spacial score (nSPS) is 16.4. The maximum Gasteiger partial charge on any atom is 0.253 e. The molecular weight excluding hydrogens is 386 g/mol. The highest BCUT2D eigenvalue weighted by molar-refractivity contribution is 5.98. The van der Waals surface area contributed by atoms with Gasteiger partial charge in [0.1, 0.15) is 5.82 Å². The maximum absolute atomic E-state index is 13.3. The van der Waals surface area contributed by atoms with Crippen LogP contribution in [0.15, 0.2) is 67.3 Å². The van der Waals surface area contributed by atoms with Gasteiger partial charge in [-0.15, -0.1) is 0 Å². The van der Waals surface area contributed by atoms with Gasteiger partial charge in [-0.1, -0.05) is 6.07 Å². The number of piperidine rings is 1. The van der Waals surface area contributed by atoms with E-state index in [0.717, 1.165) is 52.9 Å². The summed E-state index contributed by atoms with van der Waals surface area (Å²) in [5, 5.41) is 0.980. The van der Waals surface area contributed by atoms with Crippen molar-refractivity contribution < 1.29 is 4.79 Å². The van der Waals surface area contributed by atoms with E-state index >= 15 is 0 Å². The molecule has 6 heteroatoms. The molecule has 1 fully saturated rings. The summed E-state index contributed by atoms with van der Waals surface area (Å²) in [6.07, 6.45) is 9.17. The predicted octanol–water partition coefficient (Wildman–Crippen LogP) is 4.42. The van der Waals surface area contributed by atoms with E-state index in [1.807, 2.05) is 60.5 Å². The van der Waals surface area contributed by atoms with E-state index in [9.17, 15) is 4.79 Å². The summed E-state index contributed by atoms with van der Waals surface area (Å²) >= 11 is 0. The van der Waals surface area contributed by atoms with Crippen molar-refractivity contribution in [3.63, 3.8) is 0 Å². The van der Waals surface area contributed by atoms with Gasteiger partial charge in [0.05, 0.1) is 11.2 Å². The summed E-state index contributed by atoms with van der Waals surface area (Å²) < 4.78 is 0. The molecule has 6 nitrogen and oxygen atoms in total. The molecule has 4 aromatic rings. The molecule has 1 saturated heterocycles. The van der Waals surface area contributed by atoms with Crippen LogP contribution in [0.5, 0.6) is 0 Å². The largest absolute Gasteiger partial charge is 0.338 e. The van der Waals surface area contributed by atoms with Crippen molar-refractivity contribution in [1.29, 1.82) is 0 Å². The molecule has 1 aromatic carbocycles. The number of aromatic nitrogens is 4. The van der Waals surface area contributed by atoms with E-state index in [4.69, 9.17) is 4.98 Å². The van der Waals surface area contributed by atoms with Gasteiger partial charge in [0, 0.05) is 60.3 Å². The molecule has 0 N–H and O–H groups in total. The molecule has 0 saturated carbocycles. The highest BCUT2D eigenvalue weighted by Crippen LogP contribution is 2.33. The fourth-order valence-corrected chi connectivity index (χ4v) is 4.33. The number of carbonyl (C=O) groups excluding carboxylic acids is 1. The molecule has 3 aromatic heterocycles. The van der Waals surface area contributed by atoms with Crippen LogP contribution in [0.2, 0.25) is 0 Å². The summed E-state index contributed by atoms with van der Waals surface area (Å²) in [6, 6.07) is 13.6. The first-order valence-electron chi connectivity index (χ1n) is 10.6. The van der Waals surface area contributed by atoms with Gasteiger partial charge >= 0.3 is 0 Å². The number of likely N-dealkylation sites (tertiary alicyclic amines) is 1. The first-order valence-corrected chi connectivity index (χ1v) is 10.6. The lowest BCUT2D eigenvalue weighted by Gasteiger charge is -2.33. The van der Waals surface area contributed by atoms with Crippen LogP contribution in [-0.4, -0.2) is 43.8 Å². The van der Waals surface area contributed by atoms with Crippen LogP contribution >= 0.6 is 0 Å². The molecule has 0 spiro atoms. The molecule has 0 aliphatic carbocycles. The zero-order valence-electron chi connectivity index (χ0n) is 17.4. The third-order valence-corrected chi connectivity index (χ3v) is 5.88. The fourth-order valence-electron chi connectivity index (χ4n) is 4.33. The minimum Gasteiger partial charge on any atom is -0.338 e. The average Bonchev–Trinajstić information content (AvgIpc) is 2.84. The Balaban J connectivity index is 1.44. The Kier molecular flexibility index (Phi) is 5.12. The number of hydrogen-bond donors (Lipinski definition) is 0. The summed E-state index contributed by atoms with van der Waals surface area (Å²) in [4.78, 5) is 33.0. The Bertz CT molecular complexity index is 1240. The first-order chi connectivity index (χ1) is 15.2. The molecule has 1 aliphatic rings. The average molecular weight is 409 g/mol. The third-order valence-electron chi connectivity index (χ3n) is 5.88. The molecule has 1 atom stereocenters. The third kappa shape index (κ3) is 3.89. The zero-order valence-corrected chi connectivity index (χ0v) is 17.4. The van der Waals surface area contributed by atoms with Crippen LogP contribution in [-0.2, 0) is 0 Å². The van der Waals surface area contributed by atoms with E-state index in [-0.39, 0.29) is 11.8 Å². The van der Waals surface area contributed by atoms with Gasteiger partial charge in [-0.2, -0.15) is 0 Å². The number of hydrogen-bond acceptors (Lipinski definition) is 5. The lowest BCUT2D eigenvalue weighted by Crippen LogP contribution is -2.39. The van der Waals surface area contributed by atoms with Crippen molar-refractivity contribution >= 4 is 16.8 Å². The Hall–Kier alpha value is -3.67. The van der Waals surface area contributed by atoms with Gasteiger partial charge < -0.3 is 4.90 Å².